The Labute approximate surface area is 170 Å². The van der Waals surface area contributed by atoms with E-state index in [2.05, 4.69) is 25.4 Å². The molecule has 0 unspecified atom stereocenters. The molecule has 0 radical (unpaired) electrons. The Morgan fingerprint density at radius 2 is 1.61 bits per heavy atom. The van der Waals surface area contributed by atoms with Gasteiger partial charge in [0.1, 0.15) is 12.7 Å². The van der Waals surface area contributed by atoms with Gasteiger partial charge < -0.3 is 5.32 Å². The first-order valence-electron chi connectivity index (χ1n) is 8.43. The van der Waals surface area contributed by atoms with Crippen LogP contribution in [0.25, 0.3) is 17.6 Å². The molecule has 2 aromatic heterocycles. The summed E-state index contributed by atoms with van der Waals surface area (Å²) in [5, 5.41) is 6.34. The summed E-state index contributed by atoms with van der Waals surface area (Å²) in [7, 11) is 0. The average molecular weight is 442 g/mol. The molecule has 3 rings (SSSR count). The molecule has 0 saturated heterocycles. The van der Waals surface area contributed by atoms with Crippen LogP contribution in [0.5, 0.6) is 0 Å². The number of nitrogens with zero attached hydrogens (tertiary/aromatic N) is 5. The van der Waals surface area contributed by atoms with E-state index in [1.807, 2.05) is 0 Å². The largest absolute Gasteiger partial charge is 0.416 e. The summed E-state index contributed by atoms with van der Waals surface area (Å²) in [6.45, 7) is 0.150. The maximum Gasteiger partial charge on any atom is 0.416 e. The zero-order valence-electron chi connectivity index (χ0n) is 15.3. The molecule has 0 bridgehead atoms. The molecule has 1 amide bonds. The van der Waals surface area contributed by atoms with Crippen LogP contribution in [0.3, 0.4) is 0 Å². The molecule has 3 aromatic rings. The summed E-state index contributed by atoms with van der Waals surface area (Å²) in [6, 6.07) is 1.06. The molecule has 0 spiro atoms. The van der Waals surface area contributed by atoms with Crippen molar-refractivity contribution in [2.45, 2.75) is 18.9 Å². The highest BCUT2D eigenvalue weighted by molar-refractivity contribution is 5.89. The number of aromatic nitrogens is 5. The number of amides is 1. The minimum absolute atomic E-state index is 0.0164. The van der Waals surface area contributed by atoms with Crippen molar-refractivity contribution in [3.63, 3.8) is 0 Å². The molecule has 1 N–H and O–H groups in total. The van der Waals surface area contributed by atoms with Gasteiger partial charge in [0.2, 0.25) is 5.91 Å². The van der Waals surface area contributed by atoms with E-state index in [-0.39, 0.29) is 18.4 Å². The van der Waals surface area contributed by atoms with Gasteiger partial charge in [-0.3, -0.25) is 4.79 Å². The number of alkyl halides is 6. The molecule has 31 heavy (non-hydrogen) atoms. The van der Waals surface area contributed by atoms with E-state index in [1.54, 1.807) is 0 Å². The molecule has 0 atom stereocenters. The third-order valence-electron chi connectivity index (χ3n) is 3.81. The lowest BCUT2D eigenvalue weighted by Gasteiger charge is -2.13. The van der Waals surface area contributed by atoms with Crippen molar-refractivity contribution in [1.82, 2.24) is 30.0 Å². The van der Waals surface area contributed by atoms with Crippen LogP contribution < -0.4 is 5.32 Å². The molecule has 0 saturated carbocycles. The van der Waals surface area contributed by atoms with Gasteiger partial charge in [0, 0.05) is 42.3 Å². The van der Waals surface area contributed by atoms with Crippen LogP contribution in [-0.4, -0.2) is 30.6 Å². The van der Waals surface area contributed by atoms with Gasteiger partial charge in [-0.1, -0.05) is 0 Å². The minimum atomic E-state index is -4.99. The van der Waals surface area contributed by atoms with E-state index < -0.39 is 35.0 Å². The number of nitrogens with one attached hydrogen (secondary N) is 1. The Balaban J connectivity index is 1.77. The van der Waals surface area contributed by atoms with Gasteiger partial charge >= 0.3 is 12.4 Å². The maximum atomic E-state index is 13.0. The zero-order chi connectivity index (χ0) is 22.6. The van der Waals surface area contributed by atoms with Crippen LogP contribution in [0.4, 0.5) is 26.3 Å². The summed E-state index contributed by atoms with van der Waals surface area (Å²) >= 11 is 0. The van der Waals surface area contributed by atoms with Gasteiger partial charge in [0.05, 0.1) is 11.1 Å². The lowest BCUT2D eigenvalue weighted by molar-refractivity contribution is -0.143. The predicted octanol–water partition coefficient (Wildman–Crippen LogP) is 3.56. The van der Waals surface area contributed by atoms with Gasteiger partial charge in [-0.05, 0) is 18.2 Å². The molecule has 0 aliphatic carbocycles. The van der Waals surface area contributed by atoms with E-state index >= 15 is 0 Å². The van der Waals surface area contributed by atoms with E-state index in [4.69, 9.17) is 0 Å². The first-order valence-corrected chi connectivity index (χ1v) is 8.43. The molecule has 7 nitrogen and oxygen atoms in total. The second-order valence-corrected chi connectivity index (χ2v) is 6.12. The summed E-state index contributed by atoms with van der Waals surface area (Å²) in [6.07, 6.45) is -2.38. The first kappa shape index (κ1) is 21.9. The third-order valence-corrected chi connectivity index (χ3v) is 3.81. The average Bonchev–Trinajstić information content (AvgIpc) is 3.19. The van der Waals surface area contributed by atoms with Crippen molar-refractivity contribution in [1.29, 1.82) is 0 Å². The van der Waals surface area contributed by atoms with Crippen molar-refractivity contribution in [3.8, 4) is 11.4 Å². The minimum Gasteiger partial charge on any atom is -0.348 e. The number of benzene rings is 1. The van der Waals surface area contributed by atoms with Crippen LogP contribution in [-0.2, 0) is 23.7 Å². The molecule has 0 aliphatic heterocycles. The smallest absolute Gasteiger partial charge is 0.348 e. The molecular weight excluding hydrogens is 430 g/mol. The molecule has 2 heterocycles. The number of carbonyl (C=O) groups is 1. The monoisotopic (exact) mass is 442 g/mol. The fourth-order valence-electron chi connectivity index (χ4n) is 2.38. The van der Waals surface area contributed by atoms with Crippen LogP contribution in [0, 0.1) is 0 Å². The molecule has 0 fully saturated rings. The van der Waals surface area contributed by atoms with E-state index in [9.17, 15) is 31.1 Å². The summed E-state index contributed by atoms with van der Waals surface area (Å²) in [5.74, 6) is -0.901. The maximum absolute atomic E-state index is 13.0. The van der Waals surface area contributed by atoms with Crippen molar-refractivity contribution < 1.29 is 31.1 Å². The van der Waals surface area contributed by atoms with E-state index in [1.165, 1.54) is 18.7 Å². The van der Waals surface area contributed by atoms with Gasteiger partial charge in [-0.15, -0.1) is 5.10 Å². The van der Waals surface area contributed by atoms with Crippen LogP contribution in [0.1, 0.15) is 16.7 Å². The molecule has 162 valence electrons. The summed E-state index contributed by atoms with van der Waals surface area (Å²) in [4.78, 5) is 23.1. The van der Waals surface area contributed by atoms with Crippen molar-refractivity contribution in [2.24, 2.45) is 0 Å². The first-order chi connectivity index (χ1) is 14.5. The highest BCUT2D eigenvalue weighted by Gasteiger charge is 2.37. The number of carbonyl (C=O) groups excluding carboxylic acids is 1. The van der Waals surface area contributed by atoms with Crippen molar-refractivity contribution >= 4 is 12.1 Å². The Kier molecular flexibility index (Phi) is 6.04. The Morgan fingerprint density at radius 3 is 2.19 bits per heavy atom. The third kappa shape index (κ3) is 5.87. The normalized spacial score (nSPS) is 12.3. The second kappa shape index (κ2) is 8.53. The van der Waals surface area contributed by atoms with Crippen LogP contribution >= 0.6 is 0 Å². The standard InChI is InChI=1S/C18H12F6N6O/c19-17(20,21)13-3-12(4-14(5-13)18(22,23)24)16-28-10-30(29-16)2-1-15(31)27-8-11-6-25-9-26-7-11/h1-7,9-10H,8H2,(H,27,31). The Hall–Kier alpha value is -3.77. The summed E-state index contributed by atoms with van der Waals surface area (Å²) < 4.78 is 78.9. The number of hydrogen-bond acceptors (Lipinski definition) is 5. The van der Waals surface area contributed by atoms with Gasteiger partial charge in [-0.2, -0.15) is 26.3 Å². The fraction of sp³-hybridized carbons (Fsp3) is 0.167. The Bertz CT molecular complexity index is 1060. The van der Waals surface area contributed by atoms with Crippen molar-refractivity contribution in [2.75, 3.05) is 0 Å². The number of rotatable bonds is 5. The SMILES string of the molecule is O=C(C=Cn1cnc(-c2cc(C(F)(F)F)cc(C(F)(F)F)c2)n1)NCc1cncnc1. The van der Waals surface area contributed by atoms with Crippen LogP contribution in [0.2, 0.25) is 0 Å². The molecule has 0 aliphatic rings. The summed E-state index contributed by atoms with van der Waals surface area (Å²) in [5.41, 5.74) is -2.78. The lowest BCUT2D eigenvalue weighted by atomic mass is 10.0. The fourth-order valence-corrected chi connectivity index (χ4v) is 2.38. The zero-order valence-corrected chi connectivity index (χ0v) is 15.3. The van der Waals surface area contributed by atoms with Gasteiger partial charge in [0.25, 0.3) is 0 Å². The Morgan fingerprint density at radius 1 is 1.00 bits per heavy atom. The molecule has 13 heteroatoms. The second-order valence-electron chi connectivity index (χ2n) is 6.12. The highest BCUT2D eigenvalue weighted by atomic mass is 19.4. The topological polar surface area (TPSA) is 85.6 Å². The van der Waals surface area contributed by atoms with E-state index in [0.717, 1.165) is 23.3 Å². The number of hydrogen-bond donors (Lipinski definition) is 1. The van der Waals surface area contributed by atoms with Gasteiger partial charge in [0.15, 0.2) is 5.82 Å². The molecule has 1 aromatic carbocycles. The van der Waals surface area contributed by atoms with Crippen molar-refractivity contribution in [3.05, 3.63) is 66.0 Å². The molecular formula is C18H12F6N6O. The van der Waals surface area contributed by atoms with E-state index in [0.29, 0.717) is 17.7 Å². The predicted molar refractivity (Wildman–Crippen MR) is 94.7 cm³/mol. The number of halogens is 6. The lowest BCUT2D eigenvalue weighted by Crippen LogP contribution is -2.20. The quantitative estimate of drug-likeness (QED) is 0.483. The van der Waals surface area contributed by atoms with Gasteiger partial charge in [-0.25, -0.2) is 19.6 Å². The van der Waals surface area contributed by atoms with Crippen LogP contribution in [0.15, 0.2) is 49.3 Å². The highest BCUT2D eigenvalue weighted by Crippen LogP contribution is 2.37.